The number of nitrogens with one attached hydrogen (secondary N) is 2. The highest BCUT2D eigenvalue weighted by Crippen LogP contribution is 2.04. The number of amides is 1. The molecular formula is C14H17N7O3. The van der Waals surface area contributed by atoms with E-state index in [0.717, 1.165) is 10.4 Å². The van der Waals surface area contributed by atoms with Gasteiger partial charge >= 0.3 is 5.69 Å². The summed E-state index contributed by atoms with van der Waals surface area (Å²) in [5.74, 6) is 0.531. The van der Waals surface area contributed by atoms with Gasteiger partial charge < -0.3 is 14.9 Å². The molecule has 0 saturated carbocycles. The first-order chi connectivity index (χ1) is 11.5. The molecule has 0 fully saturated rings. The number of hydrogen-bond donors (Lipinski definition) is 2. The zero-order valence-electron chi connectivity index (χ0n) is 13.3. The Morgan fingerprint density at radius 1 is 1.25 bits per heavy atom. The molecule has 3 aromatic heterocycles. The van der Waals surface area contributed by atoms with Crippen molar-refractivity contribution in [2.75, 3.05) is 6.54 Å². The highest BCUT2D eigenvalue weighted by atomic mass is 16.2. The topological polar surface area (TPSA) is 120 Å². The lowest BCUT2D eigenvalue weighted by Crippen LogP contribution is -2.38. The summed E-state index contributed by atoms with van der Waals surface area (Å²) < 4.78 is 3.72. The fourth-order valence-corrected chi connectivity index (χ4v) is 2.48. The first-order valence-corrected chi connectivity index (χ1v) is 7.35. The Labute approximate surface area is 135 Å². The van der Waals surface area contributed by atoms with E-state index in [-0.39, 0.29) is 23.6 Å². The summed E-state index contributed by atoms with van der Waals surface area (Å²) in [5.41, 5.74) is -0.457. The van der Waals surface area contributed by atoms with E-state index < -0.39 is 11.2 Å². The summed E-state index contributed by atoms with van der Waals surface area (Å²) in [6.45, 7) is 0.373. The summed E-state index contributed by atoms with van der Waals surface area (Å²) in [6.07, 6.45) is 5.33. The van der Waals surface area contributed by atoms with Gasteiger partial charge in [-0.1, -0.05) is 0 Å². The zero-order valence-corrected chi connectivity index (χ0v) is 13.3. The number of rotatable bonds is 5. The van der Waals surface area contributed by atoms with Crippen molar-refractivity contribution in [3.63, 3.8) is 0 Å². The van der Waals surface area contributed by atoms with Crippen LogP contribution < -0.4 is 16.6 Å². The number of nitrogens with zero attached hydrogens (tertiary/aromatic N) is 5. The number of carbonyl (C=O) groups is 1. The molecule has 0 spiro atoms. The van der Waals surface area contributed by atoms with Gasteiger partial charge in [-0.2, -0.15) is 0 Å². The number of fused-ring (bicyclic) bond motifs is 1. The molecule has 0 bridgehead atoms. The van der Waals surface area contributed by atoms with Crippen LogP contribution in [-0.2, 0) is 31.9 Å². The van der Waals surface area contributed by atoms with Gasteiger partial charge in [-0.05, 0) is 0 Å². The second-order valence-corrected chi connectivity index (χ2v) is 5.39. The monoisotopic (exact) mass is 331 g/mol. The number of aryl methyl sites for hydroxylation is 1. The molecule has 0 aliphatic carbocycles. The van der Waals surface area contributed by atoms with Gasteiger partial charge in [-0.15, -0.1) is 0 Å². The van der Waals surface area contributed by atoms with Crippen molar-refractivity contribution in [3.05, 3.63) is 45.4 Å². The van der Waals surface area contributed by atoms with Crippen LogP contribution in [0.4, 0.5) is 0 Å². The molecule has 3 heterocycles. The van der Waals surface area contributed by atoms with Crippen molar-refractivity contribution in [2.24, 2.45) is 14.1 Å². The van der Waals surface area contributed by atoms with Crippen LogP contribution in [0.15, 0.2) is 28.3 Å². The fourth-order valence-electron chi connectivity index (χ4n) is 2.48. The SMILES string of the molecule is Cn1c(=O)c2c(ncn2CC(=O)NCCc2ncc[nH]2)n(C)c1=O. The molecule has 126 valence electrons. The highest BCUT2D eigenvalue weighted by Gasteiger charge is 2.15. The van der Waals surface area contributed by atoms with E-state index in [0.29, 0.717) is 13.0 Å². The average molecular weight is 331 g/mol. The van der Waals surface area contributed by atoms with Crippen LogP contribution in [-0.4, -0.2) is 41.1 Å². The molecule has 0 aliphatic rings. The summed E-state index contributed by atoms with van der Waals surface area (Å²) in [4.78, 5) is 47.3. The third-order valence-corrected chi connectivity index (χ3v) is 3.77. The summed E-state index contributed by atoms with van der Waals surface area (Å²) in [6, 6.07) is 0. The van der Waals surface area contributed by atoms with Crippen molar-refractivity contribution < 1.29 is 4.79 Å². The van der Waals surface area contributed by atoms with Gasteiger partial charge in [0.2, 0.25) is 5.91 Å². The van der Waals surface area contributed by atoms with Crippen LogP contribution in [0.25, 0.3) is 11.2 Å². The lowest BCUT2D eigenvalue weighted by atomic mass is 10.4. The van der Waals surface area contributed by atoms with Gasteiger partial charge in [-0.3, -0.25) is 18.7 Å². The molecule has 0 aromatic carbocycles. The van der Waals surface area contributed by atoms with Crippen molar-refractivity contribution in [1.29, 1.82) is 0 Å². The maximum atomic E-state index is 12.3. The third-order valence-electron chi connectivity index (χ3n) is 3.77. The lowest BCUT2D eigenvalue weighted by molar-refractivity contribution is -0.121. The fraction of sp³-hybridized carbons (Fsp3) is 0.357. The van der Waals surface area contributed by atoms with E-state index in [4.69, 9.17) is 0 Å². The third kappa shape index (κ3) is 2.73. The van der Waals surface area contributed by atoms with E-state index >= 15 is 0 Å². The van der Waals surface area contributed by atoms with E-state index in [9.17, 15) is 14.4 Å². The summed E-state index contributed by atoms with van der Waals surface area (Å²) in [7, 11) is 2.93. The molecule has 0 atom stereocenters. The molecule has 0 aliphatic heterocycles. The smallest absolute Gasteiger partial charge is 0.332 e. The van der Waals surface area contributed by atoms with Crippen LogP contribution in [0.2, 0.25) is 0 Å². The quantitative estimate of drug-likeness (QED) is 0.590. The van der Waals surface area contributed by atoms with Crippen LogP contribution in [0.3, 0.4) is 0 Å². The number of imidazole rings is 2. The molecule has 10 nitrogen and oxygen atoms in total. The normalized spacial score (nSPS) is 11.1. The molecule has 3 rings (SSSR count). The van der Waals surface area contributed by atoms with E-state index in [1.165, 1.54) is 29.6 Å². The van der Waals surface area contributed by atoms with Gasteiger partial charge in [0.25, 0.3) is 5.56 Å². The first-order valence-electron chi connectivity index (χ1n) is 7.35. The number of carbonyl (C=O) groups excluding carboxylic acids is 1. The minimum absolute atomic E-state index is 0.0535. The Balaban J connectivity index is 1.77. The van der Waals surface area contributed by atoms with Gasteiger partial charge in [0.1, 0.15) is 12.4 Å². The molecule has 0 saturated heterocycles. The van der Waals surface area contributed by atoms with Crippen molar-refractivity contribution in [3.8, 4) is 0 Å². The Hall–Kier alpha value is -3.17. The predicted octanol–water partition coefficient (Wildman–Crippen LogP) is -1.48. The minimum atomic E-state index is -0.478. The highest BCUT2D eigenvalue weighted by molar-refractivity contribution is 5.78. The number of H-pyrrole nitrogens is 1. The van der Waals surface area contributed by atoms with Crippen LogP contribution in [0, 0.1) is 0 Å². The molecular weight excluding hydrogens is 314 g/mol. The summed E-state index contributed by atoms with van der Waals surface area (Å²) in [5, 5.41) is 2.76. The number of aromatic amines is 1. The number of aromatic nitrogens is 6. The Morgan fingerprint density at radius 3 is 2.75 bits per heavy atom. The molecule has 0 radical (unpaired) electrons. The zero-order chi connectivity index (χ0) is 17.3. The van der Waals surface area contributed by atoms with E-state index in [2.05, 4.69) is 20.3 Å². The maximum absolute atomic E-state index is 12.3. The van der Waals surface area contributed by atoms with Crippen molar-refractivity contribution in [2.45, 2.75) is 13.0 Å². The van der Waals surface area contributed by atoms with E-state index in [1.807, 2.05) is 0 Å². The number of hydrogen-bond acceptors (Lipinski definition) is 5. The molecule has 0 unspecified atom stereocenters. The second kappa shape index (κ2) is 6.14. The summed E-state index contributed by atoms with van der Waals surface area (Å²) >= 11 is 0. The van der Waals surface area contributed by atoms with Gasteiger partial charge in [0.05, 0.1) is 6.33 Å². The Bertz CT molecular complexity index is 994. The lowest BCUT2D eigenvalue weighted by Gasteiger charge is -2.07. The first kappa shape index (κ1) is 15.7. The van der Waals surface area contributed by atoms with Crippen LogP contribution >= 0.6 is 0 Å². The Kier molecular flexibility index (Phi) is 4.02. The predicted molar refractivity (Wildman–Crippen MR) is 85.5 cm³/mol. The van der Waals surface area contributed by atoms with Crippen LogP contribution in [0.1, 0.15) is 5.82 Å². The van der Waals surface area contributed by atoms with Crippen molar-refractivity contribution in [1.82, 2.24) is 34.0 Å². The second-order valence-electron chi connectivity index (χ2n) is 5.39. The molecule has 3 aromatic rings. The Morgan fingerprint density at radius 2 is 2.04 bits per heavy atom. The van der Waals surface area contributed by atoms with Gasteiger partial charge in [0, 0.05) is 39.5 Å². The van der Waals surface area contributed by atoms with E-state index in [1.54, 1.807) is 12.4 Å². The largest absolute Gasteiger partial charge is 0.354 e. The maximum Gasteiger partial charge on any atom is 0.332 e. The van der Waals surface area contributed by atoms with Gasteiger partial charge in [-0.25, -0.2) is 14.8 Å². The minimum Gasteiger partial charge on any atom is -0.354 e. The van der Waals surface area contributed by atoms with Crippen molar-refractivity contribution >= 4 is 17.1 Å². The standard InChI is InChI=1S/C14H17N7O3/c1-19-12-11(13(23)20(2)14(19)24)21(8-18-12)7-10(22)17-4-3-9-15-5-6-16-9/h5-6,8H,3-4,7H2,1-2H3,(H,15,16)(H,17,22). The molecule has 10 heteroatoms. The molecule has 2 N–H and O–H groups in total. The molecule has 1 amide bonds. The van der Waals surface area contributed by atoms with Crippen LogP contribution in [0.5, 0.6) is 0 Å². The van der Waals surface area contributed by atoms with Gasteiger partial charge in [0.15, 0.2) is 11.2 Å². The average Bonchev–Trinajstić information content (AvgIpc) is 3.21. The molecule has 24 heavy (non-hydrogen) atoms.